The maximum atomic E-state index is 13.1. The van der Waals surface area contributed by atoms with Crippen LogP contribution in [0.1, 0.15) is 25.8 Å². The van der Waals surface area contributed by atoms with Crippen LogP contribution < -0.4 is 5.32 Å². The van der Waals surface area contributed by atoms with Crippen LogP contribution in [0.5, 0.6) is 0 Å². The fourth-order valence-electron chi connectivity index (χ4n) is 3.72. The largest absolute Gasteiger partial charge is 0.479 e. The van der Waals surface area contributed by atoms with Crippen LogP contribution in [-0.2, 0) is 19.1 Å². The molecule has 2 aliphatic rings. The lowest BCUT2D eigenvalue weighted by atomic mass is 10.0. The van der Waals surface area contributed by atoms with Gasteiger partial charge in [-0.1, -0.05) is 56.3 Å². The molecule has 3 rings (SSSR count). The van der Waals surface area contributed by atoms with Crippen molar-refractivity contribution in [2.45, 2.75) is 38.5 Å². The van der Waals surface area contributed by atoms with E-state index in [4.69, 9.17) is 9.84 Å². The Morgan fingerprint density at radius 1 is 1.13 bits per heavy atom. The zero-order valence-electron chi connectivity index (χ0n) is 18.1. The highest BCUT2D eigenvalue weighted by Crippen LogP contribution is 2.23. The monoisotopic (exact) mass is 429 g/mol. The number of benzene rings is 1. The molecule has 2 saturated heterocycles. The van der Waals surface area contributed by atoms with Gasteiger partial charge in [0.2, 0.25) is 5.91 Å². The van der Waals surface area contributed by atoms with Gasteiger partial charge in [-0.3, -0.25) is 14.5 Å². The van der Waals surface area contributed by atoms with Crippen molar-refractivity contribution >= 4 is 23.9 Å². The number of amides is 2. The molecule has 1 aromatic carbocycles. The molecule has 0 bridgehead atoms. The van der Waals surface area contributed by atoms with Gasteiger partial charge >= 0.3 is 5.97 Å². The highest BCUT2D eigenvalue weighted by atomic mass is 16.6. The van der Waals surface area contributed by atoms with Crippen molar-refractivity contribution in [2.75, 3.05) is 32.7 Å². The molecule has 2 N–H and O–H groups in total. The molecule has 8 nitrogen and oxygen atoms in total. The van der Waals surface area contributed by atoms with Gasteiger partial charge in [-0.15, -0.1) is 0 Å². The van der Waals surface area contributed by atoms with Gasteiger partial charge in [0.1, 0.15) is 6.04 Å². The number of hydrogen-bond donors (Lipinski definition) is 2. The predicted molar refractivity (Wildman–Crippen MR) is 116 cm³/mol. The lowest BCUT2D eigenvalue weighted by Crippen LogP contribution is -2.55. The minimum absolute atomic E-state index is 0.117. The molecule has 0 aromatic heterocycles. The van der Waals surface area contributed by atoms with Crippen LogP contribution in [0.4, 0.5) is 0 Å². The smallest absolute Gasteiger partial charge is 0.336 e. The van der Waals surface area contributed by atoms with E-state index in [1.165, 1.54) is 0 Å². The molecule has 0 saturated carbocycles. The normalized spacial score (nSPS) is 22.5. The van der Waals surface area contributed by atoms with Gasteiger partial charge in [-0.05, 0) is 17.9 Å². The molecule has 168 valence electrons. The average Bonchev–Trinajstić information content (AvgIpc) is 3.55. The van der Waals surface area contributed by atoms with E-state index in [2.05, 4.69) is 34.5 Å². The number of hydrogen-bond acceptors (Lipinski definition) is 5. The first kappa shape index (κ1) is 23.0. The summed E-state index contributed by atoms with van der Waals surface area (Å²) in [6, 6.07) is 9.45. The number of piperazine rings is 1. The summed E-state index contributed by atoms with van der Waals surface area (Å²) in [4.78, 5) is 40.3. The van der Waals surface area contributed by atoms with E-state index in [0.29, 0.717) is 19.5 Å². The lowest BCUT2D eigenvalue weighted by Gasteiger charge is -2.36. The zero-order chi connectivity index (χ0) is 22.4. The SMILES string of the molecule is CC(C)C[C@H](NC(=O)[C@@H]1O[C@H]1C(=O)O)C(=O)N1CCN(CC=Cc2ccccc2)CC1. The number of aliphatic carboxylic acids is 1. The molecule has 2 heterocycles. The van der Waals surface area contributed by atoms with E-state index >= 15 is 0 Å². The number of carbonyl (C=O) groups is 3. The van der Waals surface area contributed by atoms with Crippen molar-refractivity contribution in [1.82, 2.24) is 15.1 Å². The highest BCUT2D eigenvalue weighted by Gasteiger charge is 2.51. The summed E-state index contributed by atoms with van der Waals surface area (Å²) >= 11 is 0. The van der Waals surface area contributed by atoms with Crippen molar-refractivity contribution in [1.29, 1.82) is 0 Å². The molecular formula is C23H31N3O5. The third-order valence-corrected chi connectivity index (χ3v) is 5.47. The van der Waals surface area contributed by atoms with Crippen molar-refractivity contribution in [2.24, 2.45) is 5.92 Å². The van der Waals surface area contributed by atoms with E-state index in [0.717, 1.165) is 25.2 Å². The highest BCUT2D eigenvalue weighted by molar-refractivity contribution is 5.95. The summed E-state index contributed by atoms with van der Waals surface area (Å²) in [6.07, 6.45) is 2.60. The van der Waals surface area contributed by atoms with Gasteiger partial charge in [-0.2, -0.15) is 0 Å². The average molecular weight is 430 g/mol. The van der Waals surface area contributed by atoms with Gasteiger partial charge in [0.25, 0.3) is 5.91 Å². The van der Waals surface area contributed by atoms with Crippen LogP contribution in [-0.4, -0.2) is 83.7 Å². The number of nitrogens with one attached hydrogen (secondary N) is 1. The minimum Gasteiger partial charge on any atom is -0.479 e. The Morgan fingerprint density at radius 3 is 2.39 bits per heavy atom. The molecule has 0 unspecified atom stereocenters. The fourth-order valence-corrected chi connectivity index (χ4v) is 3.72. The van der Waals surface area contributed by atoms with E-state index in [9.17, 15) is 14.4 Å². The number of nitrogens with zero attached hydrogens (tertiary/aromatic N) is 2. The second-order valence-corrected chi connectivity index (χ2v) is 8.45. The topological polar surface area (TPSA) is 102 Å². The number of rotatable bonds is 9. The summed E-state index contributed by atoms with van der Waals surface area (Å²) in [7, 11) is 0. The number of epoxide rings is 1. The summed E-state index contributed by atoms with van der Waals surface area (Å²) in [6.45, 7) is 7.51. The molecule has 3 atom stereocenters. The molecule has 0 radical (unpaired) electrons. The molecule has 31 heavy (non-hydrogen) atoms. The molecule has 0 spiro atoms. The number of carbonyl (C=O) groups excluding carboxylic acids is 2. The maximum absolute atomic E-state index is 13.1. The molecule has 0 aliphatic carbocycles. The maximum Gasteiger partial charge on any atom is 0.336 e. The van der Waals surface area contributed by atoms with E-state index in [1.54, 1.807) is 4.90 Å². The quantitative estimate of drug-likeness (QED) is 0.573. The van der Waals surface area contributed by atoms with Gasteiger partial charge in [0.05, 0.1) is 0 Å². The Bertz CT molecular complexity index is 803. The Hall–Kier alpha value is -2.71. The Balaban J connectivity index is 1.48. The second kappa shape index (κ2) is 10.5. The first-order valence-electron chi connectivity index (χ1n) is 10.8. The van der Waals surface area contributed by atoms with Crippen molar-refractivity contribution in [3.8, 4) is 0 Å². The van der Waals surface area contributed by atoms with E-state index < -0.39 is 30.1 Å². The Morgan fingerprint density at radius 2 is 1.81 bits per heavy atom. The van der Waals surface area contributed by atoms with Gasteiger partial charge in [-0.25, -0.2) is 4.79 Å². The number of carboxylic acid groups (broad SMARTS) is 1. The molecule has 1 aromatic rings. The fraction of sp³-hybridized carbons (Fsp3) is 0.522. The van der Waals surface area contributed by atoms with Crippen LogP contribution >= 0.6 is 0 Å². The number of carboxylic acids is 1. The van der Waals surface area contributed by atoms with Crippen molar-refractivity contribution in [3.63, 3.8) is 0 Å². The Kier molecular flexibility index (Phi) is 7.81. The van der Waals surface area contributed by atoms with Crippen LogP contribution in [0.15, 0.2) is 36.4 Å². The van der Waals surface area contributed by atoms with E-state index in [-0.39, 0.29) is 11.8 Å². The summed E-state index contributed by atoms with van der Waals surface area (Å²) < 4.78 is 4.91. The standard InChI is InChI=1S/C23H31N3O5/c1-16(2)15-18(24-21(27)19-20(31-19)23(29)30)22(28)26-13-11-25(12-14-26)10-6-9-17-7-4-3-5-8-17/h3-9,16,18-20H,10-15H2,1-2H3,(H,24,27)(H,29,30)/t18-,19+,20+/m0/s1. The van der Waals surface area contributed by atoms with Crippen molar-refractivity contribution < 1.29 is 24.2 Å². The van der Waals surface area contributed by atoms with Crippen LogP contribution in [0.3, 0.4) is 0 Å². The molecule has 8 heteroatoms. The molecule has 2 aliphatic heterocycles. The third-order valence-electron chi connectivity index (χ3n) is 5.47. The first-order valence-corrected chi connectivity index (χ1v) is 10.8. The minimum atomic E-state index is -1.16. The van der Waals surface area contributed by atoms with Gasteiger partial charge in [0, 0.05) is 32.7 Å². The summed E-state index contributed by atoms with van der Waals surface area (Å²) in [5.41, 5.74) is 1.16. The van der Waals surface area contributed by atoms with Gasteiger partial charge in [0.15, 0.2) is 12.2 Å². The lowest BCUT2D eigenvalue weighted by molar-refractivity contribution is -0.138. The van der Waals surface area contributed by atoms with Crippen LogP contribution in [0.25, 0.3) is 6.08 Å². The molecular weight excluding hydrogens is 398 g/mol. The first-order chi connectivity index (χ1) is 14.8. The Labute approximate surface area is 182 Å². The predicted octanol–water partition coefficient (Wildman–Crippen LogP) is 1.23. The third kappa shape index (κ3) is 6.63. The van der Waals surface area contributed by atoms with Crippen LogP contribution in [0.2, 0.25) is 0 Å². The molecule has 2 amide bonds. The summed E-state index contributed by atoms with van der Waals surface area (Å²) in [5.74, 6) is -1.61. The zero-order valence-corrected chi connectivity index (χ0v) is 18.1. The van der Waals surface area contributed by atoms with Gasteiger partial charge < -0.3 is 20.1 Å². The van der Waals surface area contributed by atoms with Crippen molar-refractivity contribution in [3.05, 3.63) is 42.0 Å². The second-order valence-electron chi connectivity index (χ2n) is 8.45. The van der Waals surface area contributed by atoms with E-state index in [1.807, 2.05) is 32.0 Å². The van der Waals surface area contributed by atoms with Crippen LogP contribution in [0, 0.1) is 5.92 Å². The molecule has 2 fully saturated rings. The summed E-state index contributed by atoms with van der Waals surface area (Å²) in [5, 5.41) is 11.6. The number of ether oxygens (including phenoxy) is 1.